The molecule has 0 aliphatic carbocycles. The molecule has 1 unspecified atom stereocenters. The van der Waals surface area contributed by atoms with Gasteiger partial charge in [-0.05, 0) is 43.0 Å². The van der Waals surface area contributed by atoms with Gasteiger partial charge in [0.2, 0.25) is 0 Å². The van der Waals surface area contributed by atoms with Crippen molar-refractivity contribution in [2.75, 3.05) is 7.11 Å². The molecular formula is C17H22N2OS. The van der Waals surface area contributed by atoms with E-state index in [9.17, 15) is 0 Å². The van der Waals surface area contributed by atoms with Gasteiger partial charge in [0.25, 0.3) is 0 Å². The average Bonchev–Trinajstić information content (AvgIpc) is 2.50. The second-order valence-corrected chi connectivity index (χ2v) is 6.12. The third-order valence-corrected chi connectivity index (χ3v) is 4.56. The van der Waals surface area contributed by atoms with Crippen LogP contribution in [0.25, 0.3) is 0 Å². The zero-order valence-corrected chi connectivity index (χ0v) is 13.6. The Bertz CT molecular complexity index is 601. The third kappa shape index (κ3) is 4.22. The molecule has 1 heterocycles. The maximum absolute atomic E-state index is 6.01. The van der Waals surface area contributed by atoms with Crippen molar-refractivity contribution in [1.82, 2.24) is 4.98 Å². The van der Waals surface area contributed by atoms with Crippen LogP contribution in [0.2, 0.25) is 0 Å². The molecule has 2 N–H and O–H groups in total. The highest BCUT2D eigenvalue weighted by atomic mass is 32.2. The number of pyridine rings is 1. The lowest BCUT2D eigenvalue weighted by molar-refractivity contribution is 0.405. The lowest BCUT2D eigenvalue weighted by atomic mass is 10.1. The molecular weight excluding hydrogens is 280 g/mol. The van der Waals surface area contributed by atoms with E-state index in [4.69, 9.17) is 10.5 Å². The molecule has 0 amide bonds. The van der Waals surface area contributed by atoms with E-state index in [0.717, 1.165) is 28.5 Å². The zero-order valence-electron chi connectivity index (χ0n) is 12.8. The summed E-state index contributed by atoms with van der Waals surface area (Å²) in [7, 11) is 1.69. The number of nitrogens with two attached hydrogens (primary N) is 1. The topological polar surface area (TPSA) is 48.1 Å². The summed E-state index contributed by atoms with van der Waals surface area (Å²) in [6.45, 7) is 4.20. The second kappa shape index (κ2) is 7.48. The average molecular weight is 302 g/mol. The van der Waals surface area contributed by atoms with E-state index in [1.165, 1.54) is 11.1 Å². The van der Waals surface area contributed by atoms with Crippen molar-refractivity contribution in [2.45, 2.75) is 42.7 Å². The molecule has 0 aliphatic heterocycles. The smallest absolute Gasteiger partial charge is 0.132 e. The summed E-state index contributed by atoms with van der Waals surface area (Å²) in [6.07, 6.45) is 3.79. The van der Waals surface area contributed by atoms with Crippen molar-refractivity contribution in [3.63, 3.8) is 0 Å². The molecule has 0 saturated heterocycles. The summed E-state index contributed by atoms with van der Waals surface area (Å²) in [4.78, 5) is 5.67. The molecule has 0 fully saturated rings. The first kappa shape index (κ1) is 15.9. The van der Waals surface area contributed by atoms with Gasteiger partial charge in [0.1, 0.15) is 10.8 Å². The monoisotopic (exact) mass is 302 g/mol. The van der Waals surface area contributed by atoms with Crippen LogP contribution >= 0.6 is 11.8 Å². The number of ether oxygens (including phenoxy) is 1. The highest BCUT2D eigenvalue weighted by Crippen LogP contribution is 2.35. The minimum Gasteiger partial charge on any atom is -0.496 e. The van der Waals surface area contributed by atoms with E-state index in [-0.39, 0.29) is 6.04 Å². The van der Waals surface area contributed by atoms with Gasteiger partial charge < -0.3 is 10.5 Å². The van der Waals surface area contributed by atoms with E-state index < -0.39 is 0 Å². The van der Waals surface area contributed by atoms with Crippen molar-refractivity contribution in [3.8, 4) is 5.75 Å². The minimum atomic E-state index is 0.207. The molecule has 112 valence electrons. The molecule has 3 nitrogen and oxygen atoms in total. The number of hydrogen-bond donors (Lipinski definition) is 1. The van der Waals surface area contributed by atoms with Gasteiger partial charge >= 0.3 is 0 Å². The number of nitrogens with zero attached hydrogens (tertiary/aromatic N) is 1. The number of methoxy groups -OCH3 is 1. The van der Waals surface area contributed by atoms with Crippen molar-refractivity contribution in [2.24, 2.45) is 5.73 Å². The van der Waals surface area contributed by atoms with Crippen LogP contribution in [0.15, 0.2) is 46.5 Å². The van der Waals surface area contributed by atoms with Crippen LogP contribution in [0.1, 0.15) is 24.5 Å². The molecule has 0 radical (unpaired) electrons. The predicted molar refractivity (Wildman–Crippen MR) is 88.1 cm³/mol. The zero-order chi connectivity index (χ0) is 15.2. The number of rotatable bonds is 6. The first-order chi connectivity index (χ1) is 10.1. The van der Waals surface area contributed by atoms with Crippen molar-refractivity contribution >= 4 is 11.8 Å². The summed E-state index contributed by atoms with van der Waals surface area (Å²) in [5, 5.41) is 1.01. The summed E-state index contributed by atoms with van der Waals surface area (Å²) in [5.74, 6) is 0.876. The first-order valence-electron chi connectivity index (χ1n) is 7.16. The number of hydrogen-bond acceptors (Lipinski definition) is 4. The summed E-state index contributed by atoms with van der Waals surface area (Å²) < 4.78 is 5.38. The fourth-order valence-electron chi connectivity index (χ4n) is 2.09. The lowest BCUT2D eigenvalue weighted by Gasteiger charge is -2.12. The van der Waals surface area contributed by atoms with Crippen LogP contribution in [0.3, 0.4) is 0 Å². The van der Waals surface area contributed by atoms with E-state index >= 15 is 0 Å². The van der Waals surface area contributed by atoms with Crippen LogP contribution in [0, 0.1) is 6.92 Å². The van der Waals surface area contributed by atoms with Gasteiger partial charge in [-0.2, -0.15) is 0 Å². The maximum Gasteiger partial charge on any atom is 0.132 e. The Hall–Kier alpha value is -1.52. The van der Waals surface area contributed by atoms with Gasteiger partial charge in [-0.3, -0.25) is 0 Å². The number of aromatic nitrogens is 1. The van der Waals surface area contributed by atoms with Crippen LogP contribution in [-0.4, -0.2) is 18.1 Å². The van der Waals surface area contributed by atoms with E-state index in [0.29, 0.717) is 0 Å². The fourth-order valence-corrected chi connectivity index (χ4v) is 3.03. The molecule has 0 bridgehead atoms. The first-order valence-corrected chi connectivity index (χ1v) is 7.97. The molecule has 0 aliphatic rings. The standard InChI is InChI=1S/C17H22N2OS/c1-4-14(18)10-13-9-12(2)17(19-11-13)21-16-8-6-5-7-15(16)20-3/h5-9,11,14H,4,10,18H2,1-3H3. The SMILES string of the molecule is CCC(N)Cc1cnc(Sc2ccccc2OC)c(C)c1. The van der Waals surface area contributed by atoms with E-state index in [1.807, 2.05) is 30.5 Å². The highest BCUT2D eigenvalue weighted by Gasteiger charge is 2.09. The summed E-state index contributed by atoms with van der Waals surface area (Å²) in [6, 6.07) is 10.4. The highest BCUT2D eigenvalue weighted by molar-refractivity contribution is 7.99. The molecule has 0 saturated carbocycles. The number of benzene rings is 1. The minimum absolute atomic E-state index is 0.207. The van der Waals surface area contributed by atoms with Gasteiger partial charge in [0, 0.05) is 12.2 Å². The van der Waals surface area contributed by atoms with Gasteiger partial charge in [0.05, 0.1) is 12.0 Å². The van der Waals surface area contributed by atoms with E-state index in [1.54, 1.807) is 18.9 Å². The molecule has 21 heavy (non-hydrogen) atoms. The van der Waals surface area contributed by atoms with Crippen LogP contribution in [0.5, 0.6) is 5.75 Å². The van der Waals surface area contributed by atoms with Gasteiger partial charge in [-0.25, -0.2) is 4.98 Å². The van der Waals surface area contributed by atoms with Crippen molar-refractivity contribution in [3.05, 3.63) is 47.7 Å². The molecule has 4 heteroatoms. The van der Waals surface area contributed by atoms with Gasteiger partial charge in [-0.15, -0.1) is 0 Å². The van der Waals surface area contributed by atoms with Crippen LogP contribution in [-0.2, 0) is 6.42 Å². The Morgan fingerprint density at radius 1 is 1.33 bits per heavy atom. The quantitative estimate of drug-likeness (QED) is 0.881. The Morgan fingerprint density at radius 3 is 2.76 bits per heavy atom. The third-order valence-electron chi connectivity index (χ3n) is 3.38. The second-order valence-electron chi connectivity index (χ2n) is 5.09. The lowest BCUT2D eigenvalue weighted by Crippen LogP contribution is -2.21. The van der Waals surface area contributed by atoms with Crippen LogP contribution < -0.4 is 10.5 Å². The number of para-hydroxylation sites is 1. The van der Waals surface area contributed by atoms with Crippen LogP contribution in [0.4, 0.5) is 0 Å². The maximum atomic E-state index is 6.01. The number of aryl methyl sites for hydroxylation is 1. The van der Waals surface area contributed by atoms with Gasteiger partial charge in [0.15, 0.2) is 0 Å². The predicted octanol–water partition coefficient (Wildman–Crippen LogP) is 3.83. The Kier molecular flexibility index (Phi) is 5.65. The summed E-state index contributed by atoms with van der Waals surface area (Å²) >= 11 is 1.63. The summed E-state index contributed by atoms with van der Waals surface area (Å²) in [5.41, 5.74) is 8.38. The van der Waals surface area contributed by atoms with E-state index in [2.05, 4.69) is 24.9 Å². The van der Waals surface area contributed by atoms with Crippen molar-refractivity contribution < 1.29 is 4.74 Å². The molecule has 0 spiro atoms. The largest absolute Gasteiger partial charge is 0.496 e. The molecule has 2 rings (SSSR count). The van der Waals surface area contributed by atoms with Gasteiger partial charge in [-0.1, -0.05) is 36.9 Å². The molecule has 2 aromatic rings. The normalized spacial score (nSPS) is 12.2. The Labute approximate surface area is 130 Å². The fraction of sp³-hybridized carbons (Fsp3) is 0.353. The molecule has 1 aromatic carbocycles. The molecule has 1 atom stereocenters. The Morgan fingerprint density at radius 2 is 2.10 bits per heavy atom. The molecule has 1 aromatic heterocycles. The Balaban J connectivity index is 2.17. The van der Waals surface area contributed by atoms with Crippen molar-refractivity contribution in [1.29, 1.82) is 0 Å².